The van der Waals surface area contributed by atoms with Crippen molar-refractivity contribution < 1.29 is 33.9 Å². The summed E-state index contributed by atoms with van der Waals surface area (Å²) in [6.07, 6.45) is 8.54. The number of para-hydroxylation sites is 1. The lowest BCUT2D eigenvalue weighted by molar-refractivity contribution is -0.136. The van der Waals surface area contributed by atoms with E-state index in [1.807, 2.05) is 178 Å². The first-order valence-corrected chi connectivity index (χ1v) is 29.4. The molecule has 0 aliphatic carbocycles. The van der Waals surface area contributed by atoms with Gasteiger partial charge >= 0.3 is 5.97 Å². The number of carboxylic acids is 1. The number of aldehydes is 1. The van der Waals surface area contributed by atoms with Crippen molar-refractivity contribution in [1.29, 1.82) is 0 Å². The van der Waals surface area contributed by atoms with E-state index >= 15 is 0 Å². The molecule has 0 aliphatic heterocycles. The van der Waals surface area contributed by atoms with Gasteiger partial charge in [0.1, 0.15) is 18.0 Å². The number of alkyl halides is 1. The van der Waals surface area contributed by atoms with Gasteiger partial charge in [-0.05, 0) is 116 Å². The number of aromatic nitrogens is 3. The number of primary amides is 1. The zero-order chi connectivity index (χ0) is 62.8. The van der Waals surface area contributed by atoms with Gasteiger partial charge in [-0.3, -0.25) is 24.0 Å². The Morgan fingerprint density at radius 1 is 0.570 bits per heavy atom. The highest BCUT2D eigenvalue weighted by Crippen LogP contribution is 2.18. The van der Waals surface area contributed by atoms with Crippen LogP contribution in [0.1, 0.15) is 99.2 Å². The Labute approximate surface area is 512 Å². The number of fused-ring (bicyclic) bond motifs is 1. The van der Waals surface area contributed by atoms with Crippen molar-refractivity contribution in [2.24, 2.45) is 21.7 Å². The minimum absolute atomic E-state index is 0.0254. The van der Waals surface area contributed by atoms with Crippen LogP contribution < -0.4 is 27.4 Å². The summed E-state index contributed by atoms with van der Waals surface area (Å²) in [5, 5.41) is 33.6. The maximum Gasteiger partial charge on any atom is 0.307 e. The first-order valence-electron chi connectivity index (χ1n) is 28.3. The normalized spacial score (nSPS) is 10.9. The Morgan fingerprint density at radius 3 is 1.34 bits per heavy atom. The third-order valence-electron chi connectivity index (χ3n) is 11.9. The summed E-state index contributed by atoms with van der Waals surface area (Å²) in [6.45, 7) is 5.50. The summed E-state index contributed by atoms with van der Waals surface area (Å²) in [4.78, 5) is 71.4. The van der Waals surface area contributed by atoms with Crippen molar-refractivity contribution in [3.63, 3.8) is 0 Å². The number of nitrogens with zero attached hydrogens (tertiary/aromatic N) is 9. The Morgan fingerprint density at radius 2 is 0.953 bits per heavy atom. The lowest BCUT2D eigenvalue weighted by Crippen LogP contribution is -2.34. The number of carbonyl (C=O) groups excluding carboxylic acids is 5. The standard InChI is InChI=1S/C18H19N7O.C13H18N4O.C13H20N2O.C8H9NO.C8H8O2.C4H7BrO/c19-23-20-12-6-11-17(21-18(26)13-14-7-2-1-3-8-14)25-16-10-5-4-9-15(16)22-24-25;1-11(6-5-9-15-17-14)16-13(18)10-12-7-3-2-4-8-12;1-11(6-5-9-14)15-13(16)10-12-7-3-2-4-8-12;2*9-8(10)6-7-4-2-1-3-5-7;5-3-1-2-4-6/h1-5,7-10,17H,6,11-13H2,(H,21,26);2-4,7-8,11H,5-6,9-10H2,1H3,(H,16,18);2-4,7-8,11H,5-6,9-10,14H2,1H3,(H,15,16);1-5H,6H2,(H2,9,10);1-5H,6H2,(H,9,10);4H,1-3H2. The van der Waals surface area contributed by atoms with Crippen LogP contribution >= 0.6 is 15.9 Å². The van der Waals surface area contributed by atoms with Crippen LogP contribution in [0.5, 0.6) is 0 Å². The van der Waals surface area contributed by atoms with Crippen LogP contribution in [-0.2, 0) is 60.9 Å². The molecule has 4 amide bonds. The van der Waals surface area contributed by atoms with Crippen molar-refractivity contribution in [3.05, 3.63) is 225 Å². The predicted molar refractivity (Wildman–Crippen MR) is 341 cm³/mol. The number of azide groups is 2. The molecule has 0 fully saturated rings. The number of halogens is 1. The Balaban J connectivity index is 0.000000373. The number of aliphatic carboxylic acids is 1. The molecule has 1 heterocycles. The molecule has 0 spiro atoms. The molecule has 0 radical (unpaired) electrons. The van der Waals surface area contributed by atoms with Gasteiger partial charge in [0.25, 0.3) is 0 Å². The molecule has 86 heavy (non-hydrogen) atoms. The molecular formula is C64H81BrN14O7. The highest BCUT2D eigenvalue weighted by molar-refractivity contribution is 9.09. The maximum atomic E-state index is 12.5. The minimum Gasteiger partial charge on any atom is -0.481 e. The molecule has 0 saturated carbocycles. The molecule has 6 aromatic carbocycles. The Kier molecular flexibility index (Phi) is 40.0. The number of nitrogens with two attached hydrogens (primary N) is 2. The summed E-state index contributed by atoms with van der Waals surface area (Å²) >= 11 is 3.19. The zero-order valence-electron chi connectivity index (χ0n) is 49.0. The number of nitrogens with one attached hydrogen (secondary N) is 3. The Bertz CT molecular complexity index is 3030. The number of benzene rings is 6. The number of carboxylic acid groups (broad SMARTS) is 1. The second-order valence-corrected chi connectivity index (χ2v) is 20.1. The number of rotatable bonds is 28. The van der Waals surface area contributed by atoms with Crippen LogP contribution in [0.4, 0.5) is 0 Å². The zero-order valence-corrected chi connectivity index (χ0v) is 50.6. The topological polar surface area (TPSA) is 339 Å². The molecule has 8 N–H and O–H groups in total. The molecule has 0 saturated heterocycles. The van der Waals surface area contributed by atoms with E-state index in [-0.39, 0.29) is 48.3 Å². The average Bonchev–Trinajstić information content (AvgIpc) is 2.91. The smallest absolute Gasteiger partial charge is 0.307 e. The van der Waals surface area contributed by atoms with Crippen LogP contribution in [-0.4, -0.2) is 93.0 Å². The van der Waals surface area contributed by atoms with Gasteiger partial charge in [-0.2, -0.15) is 0 Å². The molecule has 3 atom stereocenters. The highest BCUT2D eigenvalue weighted by atomic mass is 79.9. The van der Waals surface area contributed by atoms with Gasteiger partial charge in [-0.15, -0.1) is 5.10 Å². The van der Waals surface area contributed by atoms with E-state index in [0.29, 0.717) is 64.6 Å². The lowest BCUT2D eigenvalue weighted by atomic mass is 10.1. The molecule has 21 nitrogen and oxygen atoms in total. The fourth-order valence-electron chi connectivity index (χ4n) is 7.81. The average molecular weight is 1240 g/mol. The van der Waals surface area contributed by atoms with E-state index < -0.39 is 5.97 Å². The second kappa shape index (κ2) is 47.2. The molecule has 1 aromatic heterocycles. The van der Waals surface area contributed by atoms with E-state index in [4.69, 9.17) is 27.6 Å². The number of hydrogen-bond acceptors (Lipinski definition) is 11. The van der Waals surface area contributed by atoms with Gasteiger partial charge in [0.15, 0.2) is 0 Å². The number of unbranched alkanes of at least 4 members (excludes halogenated alkanes) is 1. The molecule has 22 heteroatoms. The van der Waals surface area contributed by atoms with Crippen LogP contribution in [0.3, 0.4) is 0 Å². The van der Waals surface area contributed by atoms with Crippen LogP contribution in [0.2, 0.25) is 0 Å². The van der Waals surface area contributed by atoms with Gasteiger partial charge in [0, 0.05) is 46.7 Å². The third kappa shape index (κ3) is 36.4. The van der Waals surface area contributed by atoms with Crippen LogP contribution in [0, 0.1) is 0 Å². The molecule has 0 bridgehead atoms. The Hall–Kier alpha value is -9.20. The van der Waals surface area contributed by atoms with Gasteiger partial charge < -0.3 is 37.3 Å². The molecule has 456 valence electrons. The van der Waals surface area contributed by atoms with Gasteiger partial charge in [0.05, 0.1) is 37.6 Å². The first kappa shape index (κ1) is 72.9. The van der Waals surface area contributed by atoms with Crippen molar-refractivity contribution in [1.82, 2.24) is 30.9 Å². The molecule has 3 unspecified atom stereocenters. The van der Waals surface area contributed by atoms with Crippen LogP contribution in [0.15, 0.2) is 186 Å². The third-order valence-corrected chi connectivity index (χ3v) is 12.5. The molecule has 7 rings (SSSR count). The number of hydrogen-bond donors (Lipinski definition) is 6. The number of carbonyl (C=O) groups is 6. The predicted octanol–water partition coefficient (Wildman–Crippen LogP) is 11.1. The maximum absolute atomic E-state index is 12.5. The van der Waals surface area contributed by atoms with E-state index in [1.165, 1.54) is 0 Å². The second-order valence-electron chi connectivity index (χ2n) is 19.3. The van der Waals surface area contributed by atoms with E-state index in [1.54, 1.807) is 16.8 Å². The van der Waals surface area contributed by atoms with E-state index in [9.17, 15) is 28.8 Å². The molecular weight excluding hydrogens is 1160 g/mol. The van der Waals surface area contributed by atoms with Crippen molar-refractivity contribution in [2.45, 2.75) is 116 Å². The van der Waals surface area contributed by atoms with Gasteiger partial charge in [0.2, 0.25) is 23.6 Å². The van der Waals surface area contributed by atoms with Gasteiger partial charge in [-0.1, -0.05) is 195 Å². The number of amides is 4. The van der Waals surface area contributed by atoms with E-state index in [0.717, 1.165) is 82.6 Å². The quantitative estimate of drug-likeness (QED) is 0.00672. The lowest BCUT2D eigenvalue weighted by Gasteiger charge is -2.19. The summed E-state index contributed by atoms with van der Waals surface area (Å²) in [5.41, 5.74) is 33.4. The molecule has 0 aliphatic rings. The monoisotopic (exact) mass is 1240 g/mol. The first-order chi connectivity index (χ1) is 41.7. The fraction of sp³-hybridized carbons (Fsp3) is 0.344. The summed E-state index contributed by atoms with van der Waals surface area (Å²) in [5.74, 6) is -1.06. The van der Waals surface area contributed by atoms with Crippen molar-refractivity contribution in [3.8, 4) is 0 Å². The summed E-state index contributed by atoms with van der Waals surface area (Å²) < 4.78 is 1.72. The fourth-order valence-corrected chi connectivity index (χ4v) is 8.14. The van der Waals surface area contributed by atoms with E-state index in [2.05, 4.69) is 62.2 Å². The summed E-state index contributed by atoms with van der Waals surface area (Å²) in [6, 6.07) is 55.5. The minimum atomic E-state index is -0.786. The highest BCUT2D eigenvalue weighted by Gasteiger charge is 2.18. The molecule has 7 aromatic rings. The largest absolute Gasteiger partial charge is 0.481 e. The summed E-state index contributed by atoms with van der Waals surface area (Å²) in [7, 11) is 0. The van der Waals surface area contributed by atoms with Crippen LogP contribution in [0.25, 0.3) is 31.9 Å². The van der Waals surface area contributed by atoms with Crippen molar-refractivity contribution in [2.75, 3.05) is 25.0 Å². The van der Waals surface area contributed by atoms with Gasteiger partial charge in [-0.25, -0.2) is 4.68 Å². The SMILES string of the molecule is CC(CCCN)NC(=O)Cc1ccccc1.CC(CCCN=[N+]=[N-])NC(=O)Cc1ccccc1.NC(=O)Cc1ccccc1.O=C(O)Cc1ccccc1.O=CCCCBr.[N-]=[N+]=NCCCC(NC(=O)Cc1ccccc1)n1nnc2ccccc21. The van der Waals surface area contributed by atoms with Crippen molar-refractivity contribution >= 4 is 62.8 Å².